The molecule has 3 aromatic carbocycles. The van der Waals surface area contributed by atoms with Crippen molar-refractivity contribution in [2.45, 2.75) is 19.1 Å². The van der Waals surface area contributed by atoms with Crippen molar-refractivity contribution >= 4 is 33.4 Å². The van der Waals surface area contributed by atoms with E-state index in [0.29, 0.717) is 11.4 Å². The van der Waals surface area contributed by atoms with Gasteiger partial charge in [-0.1, -0.05) is 64.5 Å². The first-order valence-electron chi connectivity index (χ1n) is 9.69. The Hall–Kier alpha value is -3.12. The van der Waals surface area contributed by atoms with E-state index in [2.05, 4.69) is 21.2 Å². The summed E-state index contributed by atoms with van der Waals surface area (Å²) in [4.78, 5) is 27.7. The molecule has 0 saturated heterocycles. The lowest BCUT2D eigenvalue weighted by molar-refractivity contribution is -0.142. The lowest BCUT2D eigenvalue weighted by Crippen LogP contribution is -2.45. The molecular weight excluding hydrogens is 444 g/mol. The van der Waals surface area contributed by atoms with Gasteiger partial charge in [0.05, 0.1) is 6.04 Å². The average Bonchev–Trinajstić information content (AvgIpc) is 2.90. The second kappa shape index (κ2) is 8.71. The number of anilines is 1. The summed E-state index contributed by atoms with van der Waals surface area (Å²) in [6.07, 6.45) is -0.750. The Morgan fingerprint density at radius 1 is 1.07 bits per heavy atom. The van der Waals surface area contributed by atoms with E-state index in [4.69, 9.17) is 4.74 Å². The highest BCUT2D eigenvalue weighted by Gasteiger charge is 2.36. The van der Waals surface area contributed by atoms with Crippen molar-refractivity contribution < 1.29 is 14.3 Å². The number of hydrogen-bond donors (Lipinski definition) is 1. The number of carbonyl (C=O) groups excluding carboxylic acids is 2. The van der Waals surface area contributed by atoms with E-state index in [1.807, 2.05) is 66.7 Å². The fraction of sp³-hybridized carbons (Fsp3) is 0.167. The van der Waals surface area contributed by atoms with Gasteiger partial charge in [-0.25, -0.2) is 0 Å². The summed E-state index contributed by atoms with van der Waals surface area (Å²) in [5.41, 5.74) is 2.47. The summed E-state index contributed by atoms with van der Waals surface area (Å²) >= 11 is 3.52. The summed E-state index contributed by atoms with van der Waals surface area (Å²) in [7, 11) is 0. The number of benzene rings is 3. The molecule has 0 radical (unpaired) electrons. The van der Waals surface area contributed by atoms with Crippen molar-refractivity contribution in [2.24, 2.45) is 0 Å². The summed E-state index contributed by atoms with van der Waals surface area (Å²) < 4.78 is 6.74. The van der Waals surface area contributed by atoms with Crippen molar-refractivity contribution in [3.63, 3.8) is 0 Å². The van der Waals surface area contributed by atoms with Crippen LogP contribution in [0.15, 0.2) is 83.3 Å². The number of rotatable bonds is 4. The molecule has 30 heavy (non-hydrogen) atoms. The number of nitrogens with one attached hydrogen (secondary N) is 1. The van der Waals surface area contributed by atoms with Crippen LogP contribution in [0.4, 0.5) is 5.69 Å². The predicted molar refractivity (Wildman–Crippen MR) is 119 cm³/mol. The first-order chi connectivity index (χ1) is 14.5. The van der Waals surface area contributed by atoms with Crippen LogP contribution >= 0.6 is 15.9 Å². The molecule has 3 aromatic rings. The van der Waals surface area contributed by atoms with E-state index in [1.165, 1.54) is 0 Å². The van der Waals surface area contributed by atoms with E-state index in [0.717, 1.165) is 15.6 Å². The van der Waals surface area contributed by atoms with Gasteiger partial charge in [0.2, 0.25) is 5.91 Å². The number of carbonyl (C=O) groups is 2. The third-order valence-electron chi connectivity index (χ3n) is 5.01. The fourth-order valence-corrected chi connectivity index (χ4v) is 4.04. The Bertz CT molecular complexity index is 1060. The van der Waals surface area contributed by atoms with Gasteiger partial charge in [-0.2, -0.15) is 0 Å². The maximum absolute atomic E-state index is 13.5. The number of nitrogens with zero attached hydrogens (tertiary/aromatic N) is 1. The van der Waals surface area contributed by atoms with Crippen LogP contribution in [-0.4, -0.2) is 29.4 Å². The number of halogens is 1. The molecular formula is C24H21BrN2O3. The van der Waals surface area contributed by atoms with Crippen LogP contribution in [-0.2, 0) is 9.59 Å². The van der Waals surface area contributed by atoms with E-state index in [9.17, 15) is 9.59 Å². The van der Waals surface area contributed by atoms with Crippen LogP contribution in [0.25, 0.3) is 0 Å². The molecule has 1 aliphatic heterocycles. The summed E-state index contributed by atoms with van der Waals surface area (Å²) in [6.45, 7) is 1.65. The molecule has 6 heteroatoms. The smallest absolute Gasteiger partial charge is 0.264 e. The number of amides is 2. The van der Waals surface area contributed by atoms with Gasteiger partial charge in [0.15, 0.2) is 6.10 Å². The molecule has 0 saturated carbocycles. The molecule has 1 heterocycles. The second-order valence-corrected chi connectivity index (χ2v) is 8.05. The first kappa shape index (κ1) is 20.2. The predicted octanol–water partition coefficient (Wildman–Crippen LogP) is 4.79. The van der Waals surface area contributed by atoms with E-state index in [-0.39, 0.29) is 18.4 Å². The summed E-state index contributed by atoms with van der Waals surface area (Å²) in [6, 6.07) is 24.2. The van der Waals surface area contributed by atoms with Crippen molar-refractivity contribution in [1.82, 2.24) is 4.90 Å². The molecule has 2 amide bonds. The van der Waals surface area contributed by atoms with E-state index in [1.54, 1.807) is 24.0 Å². The third-order valence-corrected chi connectivity index (χ3v) is 5.50. The largest absolute Gasteiger partial charge is 0.481 e. The van der Waals surface area contributed by atoms with Gasteiger partial charge >= 0.3 is 0 Å². The third kappa shape index (κ3) is 4.24. The zero-order valence-electron chi connectivity index (χ0n) is 16.4. The number of fused-ring (bicyclic) bond motifs is 1. The minimum atomic E-state index is -0.750. The maximum Gasteiger partial charge on any atom is 0.264 e. The van der Waals surface area contributed by atoms with Crippen LogP contribution in [0.2, 0.25) is 0 Å². The van der Waals surface area contributed by atoms with Gasteiger partial charge in [-0.15, -0.1) is 0 Å². The van der Waals surface area contributed by atoms with Gasteiger partial charge in [0, 0.05) is 15.7 Å². The molecule has 0 spiro atoms. The normalized spacial score (nSPS) is 16.8. The highest BCUT2D eigenvalue weighted by Crippen LogP contribution is 2.37. The second-order valence-electron chi connectivity index (χ2n) is 7.13. The van der Waals surface area contributed by atoms with Crippen LogP contribution < -0.4 is 10.1 Å². The Morgan fingerprint density at radius 2 is 1.73 bits per heavy atom. The van der Waals surface area contributed by atoms with Crippen molar-refractivity contribution in [3.8, 4) is 5.75 Å². The molecule has 0 unspecified atom stereocenters. The molecule has 2 atom stereocenters. The van der Waals surface area contributed by atoms with Crippen LogP contribution in [0.1, 0.15) is 24.1 Å². The van der Waals surface area contributed by atoms with Gasteiger partial charge in [-0.05, 0) is 42.8 Å². The number of para-hydroxylation sites is 1. The molecule has 0 fully saturated rings. The van der Waals surface area contributed by atoms with Crippen molar-refractivity contribution in [3.05, 3.63) is 94.5 Å². The molecule has 0 bridgehead atoms. The summed E-state index contributed by atoms with van der Waals surface area (Å²) in [5.74, 6) is 0.116. The Balaban J connectivity index is 1.75. The Kier molecular flexibility index (Phi) is 5.86. The van der Waals surface area contributed by atoms with Gasteiger partial charge in [0.25, 0.3) is 5.91 Å². The SMILES string of the molecule is C[C@@H](Oc1ccccc1)C(=O)N1CC(=O)Nc2ccc(Br)cc2[C@@H]1c1ccccc1. The highest BCUT2D eigenvalue weighted by atomic mass is 79.9. The minimum absolute atomic E-state index is 0.0623. The highest BCUT2D eigenvalue weighted by molar-refractivity contribution is 9.10. The standard InChI is InChI=1S/C24H21BrN2O3/c1-16(30-19-10-6-3-7-11-19)24(29)27-15-22(28)26-21-13-12-18(25)14-20(21)23(27)17-8-4-2-5-9-17/h2-14,16,23H,15H2,1H3,(H,26,28)/t16-,23+/m1/s1. The van der Waals surface area contributed by atoms with Crippen LogP contribution in [0, 0.1) is 0 Å². The van der Waals surface area contributed by atoms with Crippen molar-refractivity contribution in [1.29, 1.82) is 0 Å². The lowest BCUT2D eigenvalue weighted by Gasteiger charge is -2.32. The zero-order valence-corrected chi connectivity index (χ0v) is 18.0. The molecule has 1 aliphatic rings. The molecule has 0 aliphatic carbocycles. The molecule has 0 aromatic heterocycles. The van der Waals surface area contributed by atoms with Gasteiger partial charge in [-0.3, -0.25) is 9.59 Å². The zero-order chi connectivity index (χ0) is 21.1. The molecule has 5 nitrogen and oxygen atoms in total. The maximum atomic E-state index is 13.5. The van der Waals surface area contributed by atoms with Gasteiger partial charge in [0.1, 0.15) is 12.3 Å². The quantitative estimate of drug-likeness (QED) is 0.603. The average molecular weight is 465 g/mol. The van der Waals surface area contributed by atoms with Crippen LogP contribution in [0.3, 0.4) is 0 Å². The fourth-order valence-electron chi connectivity index (χ4n) is 3.66. The van der Waals surface area contributed by atoms with Crippen LogP contribution in [0.5, 0.6) is 5.75 Å². The number of hydrogen-bond acceptors (Lipinski definition) is 3. The molecule has 4 rings (SSSR count). The summed E-state index contributed by atoms with van der Waals surface area (Å²) in [5, 5.41) is 2.93. The van der Waals surface area contributed by atoms with Crippen molar-refractivity contribution in [2.75, 3.05) is 11.9 Å². The van der Waals surface area contributed by atoms with Gasteiger partial charge < -0.3 is 15.0 Å². The monoisotopic (exact) mass is 464 g/mol. The van der Waals surface area contributed by atoms with E-state index >= 15 is 0 Å². The molecule has 1 N–H and O–H groups in total. The number of ether oxygens (including phenoxy) is 1. The Labute approximate surface area is 183 Å². The Morgan fingerprint density at radius 3 is 2.43 bits per heavy atom. The first-order valence-corrected chi connectivity index (χ1v) is 10.5. The lowest BCUT2D eigenvalue weighted by atomic mass is 9.95. The molecule has 152 valence electrons. The van der Waals surface area contributed by atoms with E-state index < -0.39 is 12.1 Å². The topological polar surface area (TPSA) is 58.6 Å². The minimum Gasteiger partial charge on any atom is -0.481 e.